The minimum absolute atomic E-state index is 0.0262. The lowest BCUT2D eigenvalue weighted by Gasteiger charge is -2.20. The van der Waals surface area contributed by atoms with Crippen LogP contribution in [0.4, 0.5) is 0 Å². The molecule has 0 bridgehead atoms. The molecular weight excluding hydrogens is 983 g/mol. The summed E-state index contributed by atoms with van der Waals surface area (Å²) in [6, 6.07) is -0.621. The number of aliphatic hydroxyl groups excluding tert-OH is 2. The zero-order chi connectivity index (χ0) is 57.8. The van der Waals surface area contributed by atoms with Gasteiger partial charge in [-0.25, -0.2) is 0 Å². The molecule has 2 unspecified atom stereocenters. The van der Waals surface area contributed by atoms with Gasteiger partial charge in [0, 0.05) is 12.8 Å². The van der Waals surface area contributed by atoms with E-state index in [1.54, 1.807) is 6.08 Å². The summed E-state index contributed by atoms with van der Waals surface area (Å²) < 4.78 is 5.50. The van der Waals surface area contributed by atoms with E-state index >= 15 is 0 Å². The smallest absolute Gasteiger partial charge is 0.305 e. The van der Waals surface area contributed by atoms with Crippen molar-refractivity contribution in [2.45, 2.75) is 437 Å². The van der Waals surface area contributed by atoms with Crippen LogP contribution in [0.2, 0.25) is 0 Å². The molecule has 476 valence electrons. The van der Waals surface area contributed by atoms with Crippen LogP contribution in [0, 0.1) is 0 Å². The highest BCUT2D eigenvalue weighted by Crippen LogP contribution is 2.20. The van der Waals surface area contributed by atoms with E-state index < -0.39 is 12.1 Å². The number of nitrogens with one attached hydrogen (secondary N) is 1. The van der Waals surface area contributed by atoms with E-state index in [2.05, 4.69) is 19.2 Å². The minimum Gasteiger partial charge on any atom is -0.466 e. The van der Waals surface area contributed by atoms with Crippen molar-refractivity contribution < 1.29 is 24.5 Å². The van der Waals surface area contributed by atoms with Gasteiger partial charge in [-0.1, -0.05) is 392 Å². The third-order valence-corrected chi connectivity index (χ3v) is 17.6. The molecule has 0 fully saturated rings. The second-order valence-electron chi connectivity index (χ2n) is 25.6. The van der Waals surface area contributed by atoms with Gasteiger partial charge in [-0.15, -0.1) is 0 Å². The Morgan fingerprint density at radius 2 is 0.575 bits per heavy atom. The Hall–Kier alpha value is -1.40. The fourth-order valence-corrected chi connectivity index (χ4v) is 11.9. The van der Waals surface area contributed by atoms with Crippen molar-refractivity contribution in [2.24, 2.45) is 0 Å². The quantitative estimate of drug-likeness (QED) is 0.0320. The molecule has 0 heterocycles. The first-order valence-electron chi connectivity index (χ1n) is 37.0. The molecule has 0 aliphatic carbocycles. The molecule has 1 amide bonds. The van der Waals surface area contributed by atoms with Gasteiger partial charge in [-0.3, -0.25) is 9.59 Å². The van der Waals surface area contributed by atoms with E-state index in [1.165, 1.54) is 360 Å². The second kappa shape index (κ2) is 70.1. The second-order valence-corrected chi connectivity index (χ2v) is 25.6. The van der Waals surface area contributed by atoms with Crippen molar-refractivity contribution in [1.82, 2.24) is 5.32 Å². The van der Waals surface area contributed by atoms with E-state index in [4.69, 9.17) is 4.74 Å². The molecule has 0 saturated carbocycles. The zero-order valence-corrected chi connectivity index (χ0v) is 54.6. The molecule has 2 atom stereocenters. The van der Waals surface area contributed by atoms with Gasteiger partial charge in [0.15, 0.2) is 0 Å². The van der Waals surface area contributed by atoms with Crippen molar-refractivity contribution in [3.8, 4) is 0 Å². The van der Waals surface area contributed by atoms with Gasteiger partial charge in [-0.2, -0.15) is 0 Å². The maximum Gasteiger partial charge on any atom is 0.305 e. The highest BCUT2D eigenvalue weighted by atomic mass is 16.5. The van der Waals surface area contributed by atoms with Crippen molar-refractivity contribution in [3.63, 3.8) is 0 Å². The summed E-state index contributed by atoms with van der Waals surface area (Å²) in [6.07, 6.45) is 87.7. The molecule has 0 aromatic carbocycles. The van der Waals surface area contributed by atoms with Crippen molar-refractivity contribution in [3.05, 3.63) is 12.2 Å². The van der Waals surface area contributed by atoms with Gasteiger partial charge >= 0.3 is 5.97 Å². The largest absolute Gasteiger partial charge is 0.466 e. The van der Waals surface area contributed by atoms with Gasteiger partial charge in [0.1, 0.15) is 0 Å². The molecule has 0 spiro atoms. The maximum atomic E-state index is 12.4. The van der Waals surface area contributed by atoms with Crippen LogP contribution < -0.4 is 5.32 Å². The summed E-state index contributed by atoms with van der Waals surface area (Å²) in [4.78, 5) is 24.5. The normalized spacial score (nSPS) is 12.5. The van der Waals surface area contributed by atoms with Crippen LogP contribution in [-0.2, 0) is 14.3 Å². The third kappa shape index (κ3) is 65.7. The van der Waals surface area contributed by atoms with Gasteiger partial charge in [0.25, 0.3) is 0 Å². The number of allylic oxidation sites excluding steroid dienone is 1. The Morgan fingerprint density at radius 3 is 0.850 bits per heavy atom. The fourth-order valence-electron chi connectivity index (χ4n) is 11.9. The number of hydrogen-bond acceptors (Lipinski definition) is 5. The van der Waals surface area contributed by atoms with E-state index in [1.807, 2.05) is 6.08 Å². The van der Waals surface area contributed by atoms with Gasteiger partial charge in [0.05, 0.1) is 25.4 Å². The van der Waals surface area contributed by atoms with Gasteiger partial charge in [0.2, 0.25) is 5.91 Å². The first-order valence-corrected chi connectivity index (χ1v) is 37.0. The summed E-state index contributed by atoms with van der Waals surface area (Å²) in [5, 5.41) is 23.1. The predicted octanol–water partition coefficient (Wildman–Crippen LogP) is 23.9. The number of esters is 1. The van der Waals surface area contributed by atoms with Gasteiger partial charge in [-0.05, 0) is 32.1 Å². The molecule has 6 nitrogen and oxygen atoms in total. The summed E-state index contributed by atoms with van der Waals surface area (Å²) in [5.41, 5.74) is 0. The average Bonchev–Trinajstić information content (AvgIpc) is 3.46. The number of unbranched alkanes of at least 4 members (excludes halogenated alkanes) is 59. The molecule has 0 aliphatic heterocycles. The molecule has 0 aliphatic rings. The van der Waals surface area contributed by atoms with Gasteiger partial charge < -0.3 is 20.3 Å². The lowest BCUT2D eigenvalue weighted by Crippen LogP contribution is -2.45. The highest BCUT2D eigenvalue weighted by Gasteiger charge is 2.18. The number of ether oxygens (including phenoxy) is 1. The van der Waals surface area contributed by atoms with Crippen molar-refractivity contribution in [1.29, 1.82) is 0 Å². The molecular formula is C74H145NO5. The van der Waals surface area contributed by atoms with E-state index in [9.17, 15) is 19.8 Å². The number of rotatable bonds is 70. The molecule has 0 aromatic rings. The maximum absolute atomic E-state index is 12.4. The monoisotopic (exact) mass is 1130 g/mol. The summed E-state index contributed by atoms with van der Waals surface area (Å²) >= 11 is 0. The molecule has 3 N–H and O–H groups in total. The Morgan fingerprint density at radius 1 is 0.338 bits per heavy atom. The van der Waals surface area contributed by atoms with Crippen LogP contribution in [-0.4, -0.2) is 47.4 Å². The molecule has 6 heteroatoms. The lowest BCUT2D eigenvalue weighted by molar-refractivity contribution is -0.143. The zero-order valence-electron chi connectivity index (χ0n) is 54.6. The first-order chi connectivity index (χ1) is 39.5. The van der Waals surface area contributed by atoms with E-state index in [0.717, 1.165) is 38.5 Å². The highest BCUT2D eigenvalue weighted by molar-refractivity contribution is 5.76. The van der Waals surface area contributed by atoms with Crippen LogP contribution in [0.1, 0.15) is 425 Å². The fraction of sp³-hybridized carbons (Fsp3) is 0.946. The number of carbonyl (C=O) groups excluding carboxylic acids is 2. The SMILES string of the molecule is CCCCCCCCCCC/C=C/C(O)C(CO)NC(=O)CCCCCCCCCCCCCCCCCCCCCCCCCCCCCCCCCCCCCCCCCOC(=O)CCCCCCCCCCCCCCC. The number of carbonyl (C=O) groups is 2. The summed E-state index contributed by atoms with van der Waals surface area (Å²) in [6.45, 7) is 4.93. The minimum atomic E-state index is -0.838. The Bertz CT molecular complexity index is 1210. The summed E-state index contributed by atoms with van der Waals surface area (Å²) in [5.74, 6) is -0.0347. The van der Waals surface area contributed by atoms with E-state index in [-0.39, 0.29) is 18.5 Å². The van der Waals surface area contributed by atoms with Crippen LogP contribution in [0.5, 0.6) is 0 Å². The van der Waals surface area contributed by atoms with Crippen LogP contribution in [0.25, 0.3) is 0 Å². The molecule has 0 saturated heterocycles. The van der Waals surface area contributed by atoms with Crippen LogP contribution >= 0.6 is 0 Å². The molecule has 80 heavy (non-hydrogen) atoms. The van der Waals surface area contributed by atoms with Crippen LogP contribution in [0.15, 0.2) is 12.2 Å². The number of aliphatic hydroxyl groups is 2. The summed E-state index contributed by atoms with van der Waals surface area (Å²) in [7, 11) is 0. The lowest BCUT2D eigenvalue weighted by atomic mass is 10.0. The number of hydrogen-bond donors (Lipinski definition) is 3. The molecule has 0 radical (unpaired) electrons. The standard InChI is InChI=1S/C74H145NO5/c1-3-5-7-9-11-13-15-43-48-52-56-60-64-68-74(79)80-69-65-61-57-53-49-45-42-40-38-36-34-32-30-28-26-24-22-20-18-16-17-19-21-23-25-27-29-31-33-35-37-39-41-44-47-51-55-59-63-67-73(78)75-71(70-76)72(77)66-62-58-54-50-46-14-12-10-8-6-4-2/h62,66,71-72,76-77H,3-61,63-65,67-70H2,1-2H3,(H,75,78)/b66-62+. The predicted molar refractivity (Wildman–Crippen MR) is 352 cm³/mol. The van der Waals surface area contributed by atoms with E-state index in [0.29, 0.717) is 19.4 Å². The Balaban J connectivity index is 3.27. The third-order valence-electron chi connectivity index (χ3n) is 17.6. The van der Waals surface area contributed by atoms with Crippen molar-refractivity contribution in [2.75, 3.05) is 13.2 Å². The topological polar surface area (TPSA) is 95.9 Å². The first kappa shape index (κ1) is 78.6. The average molecular weight is 1130 g/mol. The van der Waals surface area contributed by atoms with Crippen molar-refractivity contribution >= 4 is 11.9 Å². The molecule has 0 aromatic heterocycles. The molecule has 0 rings (SSSR count). The number of amides is 1. The Kier molecular flexibility index (Phi) is 68.9. The Labute approximate surface area is 501 Å². The van der Waals surface area contributed by atoms with Crippen LogP contribution in [0.3, 0.4) is 0 Å².